The lowest BCUT2D eigenvalue weighted by molar-refractivity contribution is -0.160. The summed E-state index contributed by atoms with van der Waals surface area (Å²) in [5, 5.41) is 40.8. The number of aliphatic hydroxyl groups is 4. The summed E-state index contributed by atoms with van der Waals surface area (Å²) in [5.41, 5.74) is 2.89. The number of aliphatic hydroxyl groups excluding tert-OH is 4. The standard InChI is InChI=1S/C48H62O7/c1-43(2,29-49)33-15-11-19-37(23-33)47(9,38-20-12-16-34(24-38)44(3,4)30-50)27-41(53)55-42(54)28-48(10,39-21-13-17-35(25-39)45(5,6)31-51)40-22-14-18-36(26-40)46(7,8)32-52/h11-26,49-52H,27-32H2,1-10H3. The molecule has 296 valence electrons. The summed E-state index contributed by atoms with van der Waals surface area (Å²) < 4.78 is 5.76. The number of carbonyl (C=O) groups is 2. The predicted octanol–water partition coefficient (Wildman–Crippen LogP) is 7.93. The fourth-order valence-electron chi connectivity index (χ4n) is 7.02. The van der Waals surface area contributed by atoms with Gasteiger partial charge < -0.3 is 25.2 Å². The van der Waals surface area contributed by atoms with Crippen LogP contribution in [0.25, 0.3) is 0 Å². The van der Waals surface area contributed by atoms with Crippen molar-refractivity contribution in [2.24, 2.45) is 0 Å². The van der Waals surface area contributed by atoms with Crippen LogP contribution in [-0.4, -0.2) is 58.8 Å². The molecule has 0 radical (unpaired) electrons. The SMILES string of the molecule is CC(C)(CO)c1cccc(C(C)(CC(=O)OC(=O)CC(C)(c2cccc(C(C)(C)CO)c2)c2cccc(C(C)(C)CO)c2)c2cccc(C(C)(C)CO)c2)c1. The van der Waals surface area contributed by atoms with Gasteiger partial charge in [-0.2, -0.15) is 0 Å². The number of rotatable bonds is 16. The lowest BCUT2D eigenvalue weighted by atomic mass is 9.70. The zero-order valence-electron chi connectivity index (χ0n) is 34.5. The second kappa shape index (κ2) is 16.5. The van der Waals surface area contributed by atoms with E-state index in [0.29, 0.717) is 0 Å². The van der Waals surface area contributed by atoms with Crippen molar-refractivity contribution in [3.05, 3.63) is 142 Å². The number of hydrogen-bond donors (Lipinski definition) is 4. The molecule has 0 unspecified atom stereocenters. The van der Waals surface area contributed by atoms with E-state index in [-0.39, 0.29) is 39.3 Å². The molecule has 0 spiro atoms. The van der Waals surface area contributed by atoms with E-state index in [2.05, 4.69) is 0 Å². The summed E-state index contributed by atoms with van der Waals surface area (Å²) in [6, 6.07) is 31.4. The Labute approximate surface area is 328 Å². The highest BCUT2D eigenvalue weighted by molar-refractivity contribution is 5.87. The van der Waals surface area contributed by atoms with E-state index in [4.69, 9.17) is 4.74 Å². The van der Waals surface area contributed by atoms with Crippen LogP contribution in [0.2, 0.25) is 0 Å². The Morgan fingerprint density at radius 2 is 0.600 bits per heavy atom. The number of benzene rings is 4. The monoisotopic (exact) mass is 750 g/mol. The lowest BCUT2D eigenvalue weighted by Crippen LogP contribution is -2.33. The van der Waals surface area contributed by atoms with Crippen molar-refractivity contribution in [1.29, 1.82) is 0 Å². The van der Waals surface area contributed by atoms with Gasteiger partial charge in [0.25, 0.3) is 0 Å². The van der Waals surface area contributed by atoms with Crippen molar-refractivity contribution in [2.75, 3.05) is 26.4 Å². The molecule has 4 N–H and O–H groups in total. The number of ether oxygens (including phenoxy) is 1. The smallest absolute Gasteiger partial charge is 0.314 e. The van der Waals surface area contributed by atoms with Gasteiger partial charge in [0, 0.05) is 32.5 Å². The largest absolute Gasteiger partial charge is 0.395 e. The van der Waals surface area contributed by atoms with E-state index in [1.165, 1.54) is 0 Å². The minimum Gasteiger partial charge on any atom is -0.395 e. The summed E-state index contributed by atoms with van der Waals surface area (Å²) >= 11 is 0. The number of hydrogen-bond acceptors (Lipinski definition) is 7. The fraction of sp³-hybridized carbons (Fsp3) is 0.458. The minimum absolute atomic E-state index is 0.0660. The normalized spacial score (nSPS) is 13.1. The summed E-state index contributed by atoms with van der Waals surface area (Å²) in [5.74, 6) is -1.36. The Morgan fingerprint density at radius 3 is 0.800 bits per heavy atom. The maximum atomic E-state index is 14.1. The predicted molar refractivity (Wildman–Crippen MR) is 219 cm³/mol. The molecule has 0 atom stereocenters. The molecule has 0 fully saturated rings. The van der Waals surface area contributed by atoms with Gasteiger partial charge in [-0.3, -0.25) is 9.59 Å². The first kappa shape index (κ1) is 43.6. The lowest BCUT2D eigenvalue weighted by Gasteiger charge is -2.34. The van der Waals surface area contributed by atoms with E-state index >= 15 is 0 Å². The molecule has 0 heterocycles. The molecule has 7 nitrogen and oxygen atoms in total. The maximum Gasteiger partial charge on any atom is 0.314 e. The highest BCUT2D eigenvalue weighted by atomic mass is 16.6. The van der Waals surface area contributed by atoms with Gasteiger partial charge in [-0.25, -0.2) is 0 Å². The topological polar surface area (TPSA) is 124 Å². The molecule has 0 amide bonds. The molecule has 4 aromatic carbocycles. The van der Waals surface area contributed by atoms with E-state index in [9.17, 15) is 30.0 Å². The second-order valence-electron chi connectivity index (χ2n) is 18.4. The van der Waals surface area contributed by atoms with Crippen LogP contribution in [0.5, 0.6) is 0 Å². The molecule has 4 aromatic rings. The first-order valence-electron chi connectivity index (χ1n) is 19.2. The Morgan fingerprint density at radius 1 is 0.400 bits per heavy atom. The summed E-state index contributed by atoms with van der Waals surface area (Å²) in [6.45, 7) is 19.3. The Bertz CT molecular complexity index is 1710. The average Bonchev–Trinajstić information content (AvgIpc) is 3.17. The van der Waals surface area contributed by atoms with Crippen LogP contribution in [0.3, 0.4) is 0 Å². The number of carbonyl (C=O) groups excluding carboxylic acids is 2. The van der Waals surface area contributed by atoms with Crippen LogP contribution in [0.4, 0.5) is 0 Å². The average molecular weight is 751 g/mol. The highest BCUT2D eigenvalue weighted by Gasteiger charge is 2.39. The molecule has 4 rings (SSSR count). The summed E-state index contributed by atoms with van der Waals surface area (Å²) in [7, 11) is 0. The van der Waals surface area contributed by atoms with Crippen LogP contribution in [-0.2, 0) is 46.8 Å². The van der Waals surface area contributed by atoms with Crippen molar-refractivity contribution in [1.82, 2.24) is 0 Å². The molecule has 0 aliphatic heterocycles. The van der Waals surface area contributed by atoms with E-state index in [1.807, 2.05) is 166 Å². The molecule has 0 saturated carbocycles. The van der Waals surface area contributed by atoms with Crippen LogP contribution >= 0.6 is 0 Å². The van der Waals surface area contributed by atoms with E-state index < -0.39 is 44.4 Å². The van der Waals surface area contributed by atoms with Gasteiger partial charge in [-0.05, 0) is 44.5 Å². The van der Waals surface area contributed by atoms with Gasteiger partial charge >= 0.3 is 11.9 Å². The van der Waals surface area contributed by atoms with Gasteiger partial charge in [0.15, 0.2) is 0 Å². The van der Waals surface area contributed by atoms with E-state index in [0.717, 1.165) is 44.5 Å². The third-order valence-electron chi connectivity index (χ3n) is 11.9. The van der Waals surface area contributed by atoms with Crippen molar-refractivity contribution >= 4 is 11.9 Å². The first-order chi connectivity index (χ1) is 25.6. The molecular weight excluding hydrogens is 689 g/mol. The van der Waals surface area contributed by atoms with Crippen molar-refractivity contribution in [3.63, 3.8) is 0 Å². The number of esters is 2. The van der Waals surface area contributed by atoms with Crippen molar-refractivity contribution < 1.29 is 34.8 Å². The third-order valence-corrected chi connectivity index (χ3v) is 11.9. The molecule has 0 bridgehead atoms. The summed E-state index contributed by atoms with van der Waals surface area (Å²) in [4.78, 5) is 28.2. The van der Waals surface area contributed by atoms with Gasteiger partial charge in [0.05, 0.1) is 39.3 Å². The molecule has 0 aromatic heterocycles. The zero-order valence-corrected chi connectivity index (χ0v) is 34.5. The molecule has 0 saturated heterocycles. The molecule has 7 heteroatoms. The van der Waals surface area contributed by atoms with Crippen LogP contribution < -0.4 is 0 Å². The first-order valence-corrected chi connectivity index (χ1v) is 19.2. The molecule has 0 aliphatic rings. The summed E-state index contributed by atoms with van der Waals surface area (Å²) in [6.07, 6.45) is -0.302. The highest BCUT2D eigenvalue weighted by Crippen LogP contribution is 2.42. The van der Waals surface area contributed by atoms with Gasteiger partial charge in [0.1, 0.15) is 0 Å². The van der Waals surface area contributed by atoms with Crippen molar-refractivity contribution in [3.8, 4) is 0 Å². The van der Waals surface area contributed by atoms with Gasteiger partial charge in [-0.1, -0.05) is 166 Å². The van der Waals surface area contributed by atoms with Crippen molar-refractivity contribution in [2.45, 2.75) is 115 Å². The minimum atomic E-state index is -0.946. The Balaban J connectivity index is 1.78. The van der Waals surface area contributed by atoms with E-state index in [1.54, 1.807) is 0 Å². The quantitative estimate of drug-likeness (QED) is 0.0678. The molecule has 55 heavy (non-hydrogen) atoms. The Hall–Kier alpha value is -4.14. The van der Waals surface area contributed by atoms with Crippen LogP contribution in [0.15, 0.2) is 97.1 Å². The van der Waals surface area contributed by atoms with Gasteiger partial charge in [0.2, 0.25) is 0 Å². The molecule has 0 aliphatic carbocycles. The third kappa shape index (κ3) is 9.46. The Kier molecular flexibility index (Phi) is 13.1. The zero-order chi connectivity index (χ0) is 41.0. The molecular formula is C48H62O7. The fourth-order valence-corrected chi connectivity index (χ4v) is 7.02. The van der Waals surface area contributed by atoms with Crippen LogP contribution in [0.1, 0.15) is 127 Å². The maximum absolute atomic E-state index is 14.1. The van der Waals surface area contributed by atoms with Gasteiger partial charge in [-0.15, -0.1) is 0 Å². The van der Waals surface area contributed by atoms with Crippen LogP contribution in [0, 0.1) is 0 Å². The second-order valence-corrected chi connectivity index (χ2v) is 18.4.